The molecule has 1 rings (SSSR count). The highest BCUT2D eigenvalue weighted by Crippen LogP contribution is 2.12. The van der Waals surface area contributed by atoms with Crippen molar-refractivity contribution in [1.29, 1.82) is 0 Å². The molecule has 0 aliphatic carbocycles. The van der Waals surface area contributed by atoms with Gasteiger partial charge in [0, 0.05) is 31.8 Å². The van der Waals surface area contributed by atoms with Crippen LogP contribution in [0.2, 0.25) is 0 Å². The summed E-state index contributed by atoms with van der Waals surface area (Å²) in [6.45, 7) is 3.36. The van der Waals surface area contributed by atoms with Gasteiger partial charge in [-0.3, -0.25) is 4.79 Å². The predicted molar refractivity (Wildman–Crippen MR) is 75.9 cm³/mol. The summed E-state index contributed by atoms with van der Waals surface area (Å²) in [4.78, 5) is 13.8. The number of nitrogens with zero attached hydrogens (tertiary/aromatic N) is 1. The second-order valence-electron chi connectivity index (χ2n) is 4.26. The van der Waals surface area contributed by atoms with Gasteiger partial charge < -0.3 is 15.4 Å². The SMILES string of the molecule is COCCN(C)C(=O)c1ccc(C)c(C#CCN)c1. The molecule has 102 valence electrons. The highest BCUT2D eigenvalue weighted by atomic mass is 16.5. The summed E-state index contributed by atoms with van der Waals surface area (Å²) in [6, 6.07) is 5.52. The number of carbonyl (C=O) groups is 1. The topological polar surface area (TPSA) is 55.6 Å². The van der Waals surface area contributed by atoms with Crippen LogP contribution in [-0.4, -0.2) is 44.7 Å². The van der Waals surface area contributed by atoms with Gasteiger partial charge in [0.15, 0.2) is 0 Å². The Morgan fingerprint density at radius 3 is 2.84 bits per heavy atom. The number of amides is 1. The van der Waals surface area contributed by atoms with E-state index in [9.17, 15) is 4.79 Å². The van der Waals surface area contributed by atoms with Gasteiger partial charge in [0.25, 0.3) is 5.91 Å². The van der Waals surface area contributed by atoms with Crippen LogP contribution in [0.3, 0.4) is 0 Å². The van der Waals surface area contributed by atoms with Gasteiger partial charge in [-0.25, -0.2) is 0 Å². The average Bonchev–Trinajstić information content (AvgIpc) is 2.43. The Labute approximate surface area is 114 Å². The molecule has 0 spiro atoms. The van der Waals surface area contributed by atoms with E-state index in [1.165, 1.54) is 0 Å². The Hall–Kier alpha value is -1.83. The molecule has 0 aromatic heterocycles. The summed E-state index contributed by atoms with van der Waals surface area (Å²) in [5, 5.41) is 0. The minimum Gasteiger partial charge on any atom is -0.383 e. The van der Waals surface area contributed by atoms with Crippen molar-refractivity contribution in [2.75, 3.05) is 33.9 Å². The lowest BCUT2D eigenvalue weighted by Crippen LogP contribution is -2.30. The van der Waals surface area contributed by atoms with E-state index < -0.39 is 0 Å². The molecular weight excluding hydrogens is 240 g/mol. The van der Waals surface area contributed by atoms with E-state index in [0.29, 0.717) is 25.3 Å². The van der Waals surface area contributed by atoms with Crippen LogP contribution in [0.5, 0.6) is 0 Å². The number of methoxy groups -OCH3 is 1. The summed E-state index contributed by atoms with van der Waals surface area (Å²) < 4.78 is 4.96. The molecule has 4 nitrogen and oxygen atoms in total. The lowest BCUT2D eigenvalue weighted by Gasteiger charge is -2.17. The zero-order chi connectivity index (χ0) is 14.3. The van der Waals surface area contributed by atoms with Crippen LogP contribution < -0.4 is 5.73 Å². The standard InChI is InChI=1S/C15H20N2O2/c1-12-6-7-14(11-13(12)5-4-8-16)15(18)17(2)9-10-19-3/h6-7,11H,8-10,16H2,1-3H3. The zero-order valence-electron chi connectivity index (χ0n) is 11.7. The second-order valence-corrected chi connectivity index (χ2v) is 4.26. The lowest BCUT2D eigenvalue weighted by molar-refractivity contribution is 0.0744. The van der Waals surface area contributed by atoms with Crippen LogP contribution in [0.4, 0.5) is 0 Å². The number of ether oxygens (including phenoxy) is 1. The lowest BCUT2D eigenvalue weighted by atomic mass is 10.0. The third-order valence-corrected chi connectivity index (χ3v) is 2.79. The summed E-state index contributed by atoms with van der Waals surface area (Å²) in [6.07, 6.45) is 0. The van der Waals surface area contributed by atoms with Crippen LogP contribution in [0.25, 0.3) is 0 Å². The highest BCUT2D eigenvalue weighted by Gasteiger charge is 2.12. The quantitative estimate of drug-likeness (QED) is 0.822. The number of benzene rings is 1. The smallest absolute Gasteiger partial charge is 0.253 e. The molecule has 0 bridgehead atoms. The van der Waals surface area contributed by atoms with Gasteiger partial charge >= 0.3 is 0 Å². The molecule has 4 heteroatoms. The molecular formula is C15H20N2O2. The molecule has 0 fully saturated rings. The molecule has 1 aromatic carbocycles. The van der Waals surface area contributed by atoms with Crippen LogP contribution >= 0.6 is 0 Å². The van der Waals surface area contributed by atoms with Crippen LogP contribution in [0.15, 0.2) is 18.2 Å². The molecule has 0 heterocycles. The van der Waals surface area contributed by atoms with Gasteiger partial charge in [-0.2, -0.15) is 0 Å². The maximum atomic E-state index is 12.2. The molecule has 0 atom stereocenters. The average molecular weight is 260 g/mol. The fourth-order valence-electron chi connectivity index (χ4n) is 1.59. The van der Waals surface area contributed by atoms with E-state index >= 15 is 0 Å². The van der Waals surface area contributed by atoms with E-state index in [-0.39, 0.29) is 5.91 Å². The fraction of sp³-hybridized carbons (Fsp3) is 0.400. The first-order chi connectivity index (χ1) is 9.10. The highest BCUT2D eigenvalue weighted by molar-refractivity contribution is 5.94. The zero-order valence-corrected chi connectivity index (χ0v) is 11.7. The van der Waals surface area contributed by atoms with Crippen LogP contribution in [0, 0.1) is 18.8 Å². The Balaban J connectivity index is 2.92. The van der Waals surface area contributed by atoms with Gasteiger partial charge in [-0.05, 0) is 24.6 Å². The van der Waals surface area contributed by atoms with Crippen LogP contribution in [-0.2, 0) is 4.74 Å². The van der Waals surface area contributed by atoms with Crippen LogP contribution in [0.1, 0.15) is 21.5 Å². The molecule has 1 amide bonds. The first-order valence-electron chi connectivity index (χ1n) is 6.14. The Bertz CT molecular complexity index is 501. The minimum absolute atomic E-state index is 0.0344. The van der Waals surface area contributed by atoms with E-state index in [1.807, 2.05) is 25.1 Å². The molecule has 0 unspecified atom stereocenters. The number of hydrogen-bond donors (Lipinski definition) is 1. The van der Waals surface area contributed by atoms with Gasteiger partial charge in [0.1, 0.15) is 0 Å². The number of rotatable bonds is 4. The molecule has 19 heavy (non-hydrogen) atoms. The van der Waals surface area contributed by atoms with Gasteiger partial charge in [0.2, 0.25) is 0 Å². The molecule has 0 aliphatic heterocycles. The fourth-order valence-corrected chi connectivity index (χ4v) is 1.59. The minimum atomic E-state index is -0.0344. The predicted octanol–water partition coefficient (Wildman–Crippen LogP) is 1.02. The number of hydrogen-bond acceptors (Lipinski definition) is 3. The van der Waals surface area contributed by atoms with Crippen molar-refractivity contribution in [2.24, 2.45) is 5.73 Å². The third-order valence-electron chi connectivity index (χ3n) is 2.79. The molecule has 2 N–H and O–H groups in total. The first-order valence-corrected chi connectivity index (χ1v) is 6.14. The van der Waals surface area contributed by atoms with Crippen molar-refractivity contribution in [2.45, 2.75) is 6.92 Å². The summed E-state index contributed by atoms with van der Waals surface area (Å²) in [5.41, 5.74) is 7.88. The molecule has 0 radical (unpaired) electrons. The van der Waals surface area contributed by atoms with E-state index in [2.05, 4.69) is 11.8 Å². The molecule has 0 saturated carbocycles. The van der Waals surface area contributed by atoms with Crippen molar-refractivity contribution >= 4 is 5.91 Å². The van der Waals surface area contributed by atoms with E-state index in [1.54, 1.807) is 19.1 Å². The van der Waals surface area contributed by atoms with Gasteiger partial charge in [0.05, 0.1) is 13.2 Å². The number of aryl methyl sites for hydroxylation is 1. The molecule has 1 aromatic rings. The molecule has 0 aliphatic rings. The monoisotopic (exact) mass is 260 g/mol. The van der Waals surface area contributed by atoms with E-state index in [4.69, 9.17) is 10.5 Å². The maximum absolute atomic E-state index is 12.2. The van der Waals surface area contributed by atoms with Crippen molar-refractivity contribution in [1.82, 2.24) is 4.90 Å². The van der Waals surface area contributed by atoms with Crippen molar-refractivity contribution < 1.29 is 9.53 Å². The van der Waals surface area contributed by atoms with Gasteiger partial charge in [-0.15, -0.1) is 0 Å². The second kappa shape index (κ2) is 7.57. The number of likely N-dealkylation sites (N-methyl/N-ethyl adjacent to an activating group) is 1. The summed E-state index contributed by atoms with van der Waals surface area (Å²) in [7, 11) is 3.37. The maximum Gasteiger partial charge on any atom is 0.253 e. The first kappa shape index (κ1) is 15.2. The molecule has 0 saturated heterocycles. The summed E-state index contributed by atoms with van der Waals surface area (Å²) >= 11 is 0. The Morgan fingerprint density at radius 2 is 2.21 bits per heavy atom. The normalized spacial score (nSPS) is 9.68. The Kier molecular flexibility index (Phi) is 6.07. The third kappa shape index (κ3) is 4.40. The number of carbonyl (C=O) groups excluding carboxylic acids is 1. The van der Waals surface area contributed by atoms with Crippen molar-refractivity contribution in [3.8, 4) is 11.8 Å². The van der Waals surface area contributed by atoms with Crippen molar-refractivity contribution in [3.63, 3.8) is 0 Å². The summed E-state index contributed by atoms with van der Waals surface area (Å²) in [5.74, 6) is 5.75. The Morgan fingerprint density at radius 1 is 1.47 bits per heavy atom. The van der Waals surface area contributed by atoms with E-state index in [0.717, 1.165) is 11.1 Å². The number of nitrogens with two attached hydrogens (primary N) is 1. The van der Waals surface area contributed by atoms with Gasteiger partial charge in [-0.1, -0.05) is 17.9 Å². The largest absolute Gasteiger partial charge is 0.383 e. The van der Waals surface area contributed by atoms with Crippen molar-refractivity contribution in [3.05, 3.63) is 34.9 Å².